The summed E-state index contributed by atoms with van der Waals surface area (Å²) in [5, 5.41) is 11.5. The molecule has 0 radical (unpaired) electrons. The van der Waals surface area contributed by atoms with Crippen molar-refractivity contribution >= 4 is 5.91 Å². The van der Waals surface area contributed by atoms with Crippen molar-refractivity contribution in [2.75, 3.05) is 13.2 Å². The lowest BCUT2D eigenvalue weighted by atomic mass is 10.2. The maximum absolute atomic E-state index is 11.6. The lowest BCUT2D eigenvalue weighted by Crippen LogP contribution is -2.30. The minimum absolute atomic E-state index is 0.0676. The van der Waals surface area contributed by atoms with Gasteiger partial charge in [-0.2, -0.15) is 0 Å². The van der Waals surface area contributed by atoms with Crippen molar-refractivity contribution in [1.29, 1.82) is 0 Å². The van der Waals surface area contributed by atoms with Crippen LogP contribution in [0, 0.1) is 12.8 Å². The van der Waals surface area contributed by atoms with Gasteiger partial charge in [0.2, 0.25) is 0 Å². The Morgan fingerprint density at radius 2 is 2.40 bits per heavy atom. The molecule has 0 fully saturated rings. The van der Waals surface area contributed by atoms with E-state index in [2.05, 4.69) is 10.3 Å². The molecule has 0 aromatic carbocycles. The van der Waals surface area contributed by atoms with E-state index in [1.807, 2.05) is 19.9 Å². The summed E-state index contributed by atoms with van der Waals surface area (Å²) in [6.07, 6.45) is 1.59. The molecule has 0 saturated carbocycles. The number of nitrogens with one attached hydrogen (secondary N) is 1. The molecule has 1 unspecified atom stereocenters. The number of carbonyl (C=O) groups is 1. The zero-order chi connectivity index (χ0) is 11.3. The fourth-order valence-electron chi connectivity index (χ4n) is 1.14. The Bertz CT molecular complexity index is 339. The lowest BCUT2D eigenvalue weighted by Gasteiger charge is -2.10. The average molecular weight is 208 g/mol. The molecule has 0 aliphatic rings. The van der Waals surface area contributed by atoms with Crippen LogP contribution in [0.4, 0.5) is 0 Å². The van der Waals surface area contributed by atoms with Crippen LogP contribution in [-0.2, 0) is 0 Å². The molecule has 1 rings (SSSR count). The van der Waals surface area contributed by atoms with Crippen LogP contribution in [0.2, 0.25) is 0 Å². The number of nitrogens with zero attached hydrogens (tertiary/aromatic N) is 1. The first kappa shape index (κ1) is 11.7. The first-order valence-electron chi connectivity index (χ1n) is 4.95. The number of aromatic nitrogens is 1. The first-order valence-corrected chi connectivity index (χ1v) is 4.95. The van der Waals surface area contributed by atoms with Crippen LogP contribution in [-0.4, -0.2) is 29.1 Å². The molecule has 0 bridgehead atoms. The van der Waals surface area contributed by atoms with Crippen LogP contribution in [0.15, 0.2) is 18.3 Å². The Labute approximate surface area is 89.3 Å². The quantitative estimate of drug-likeness (QED) is 0.767. The molecule has 0 aliphatic carbocycles. The number of amides is 1. The molecule has 4 heteroatoms. The van der Waals surface area contributed by atoms with Gasteiger partial charge >= 0.3 is 0 Å². The molecule has 15 heavy (non-hydrogen) atoms. The van der Waals surface area contributed by atoms with Crippen molar-refractivity contribution in [3.8, 4) is 0 Å². The number of rotatable bonds is 4. The normalized spacial score (nSPS) is 12.2. The van der Waals surface area contributed by atoms with Crippen LogP contribution in [0.25, 0.3) is 0 Å². The van der Waals surface area contributed by atoms with Gasteiger partial charge in [-0.25, -0.2) is 0 Å². The molecule has 82 valence electrons. The molecule has 0 aliphatic heterocycles. The van der Waals surface area contributed by atoms with Crippen LogP contribution in [0.1, 0.15) is 23.0 Å². The third kappa shape index (κ3) is 3.32. The van der Waals surface area contributed by atoms with Gasteiger partial charge in [-0.3, -0.25) is 9.78 Å². The van der Waals surface area contributed by atoms with E-state index >= 15 is 0 Å². The zero-order valence-corrected chi connectivity index (χ0v) is 9.03. The van der Waals surface area contributed by atoms with E-state index in [1.165, 1.54) is 0 Å². The maximum Gasteiger partial charge on any atom is 0.270 e. The van der Waals surface area contributed by atoms with Gasteiger partial charge in [0.25, 0.3) is 5.91 Å². The van der Waals surface area contributed by atoms with E-state index in [1.54, 1.807) is 12.3 Å². The Hall–Kier alpha value is -1.42. The minimum Gasteiger partial charge on any atom is -0.396 e. The molecule has 2 N–H and O–H groups in total. The monoisotopic (exact) mass is 208 g/mol. The fourth-order valence-corrected chi connectivity index (χ4v) is 1.14. The number of aryl methyl sites for hydroxylation is 1. The van der Waals surface area contributed by atoms with Gasteiger partial charge in [0.05, 0.1) is 0 Å². The second-order valence-electron chi connectivity index (χ2n) is 3.67. The van der Waals surface area contributed by atoms with Gasteiger partial charge < -0.3 is 10.4 Å². The van der Waals surface area contributed by atoms with E-state index in [-0.39, 0.29) is 18.4 Å². The first-order chi connectivity index (χ1) is 7.15. The molecule has 1 heterocycles. The molecular weight excluding hydrogens is 192 g/mol. The topological polar surface area (TPSA) is 62.2 Å². The molecule has 1 atom stereocenters. The molecular formula is C11H16N2O2. The minimum atomic E-state index is -0.187. The summed E-state index contributed by atoms with van der Waals surface area (Å²) in [6, 6.07) is 3.64. The lowest BCUT2D eigenvalue weighted by molar-refractivity contribution is 0.0936. The van der Waals surface area contributed by atoms with Gasteiger partial charge in [0.15, 0.2) is 0 Å². The van der Waals surface area contributed by atoms with Crippen LogP contribution < -0.4 is 5.32 Å². The molecule has 1 aromatic heterocycles. The van der Waals surface area contributed by atoms with Gasteiger partial charge in [-0.15, -0.1) is 0 Å². The molecule has 1 amide bonds. The highest BCUT2D eigenvalue weighted by atomic mass is 16.3. The van der Waals surface area contributed by atoms with Gasteiger partial charge in [0, 0.05) is 19.3 Å². The smallest absolute Gasteiger partial charge is 0.270 e. The Kier molecular flexibility index (Phi) is 4.24. The van der Waals surface area contributed by atoms with Gasteiger partial charge in [-0.1, -0.05) is 13.0 Å². The van der Waals surface area contributed by atoms with E-state index < -0.39 is 0 Å². The van der Waals surface area contributed by atoms with E-state index in [0.29, 0.717) is 12.2 Å². The standard InChI is InChI=1S/C11H16N2O2/c1-8(7-14)6-13-11(15)10-9(2)4-3-5-12-10/h3-5,8,14H,6-7H2,1-2H3,(H,13,15). The molecule has 0 saturated heterocycles. The summed E-state index contributed by atoms with van der Waals surface area (Å²) in [6.45, 7) is 4.25. The second kappa shape index (κ2) is 5.46. The summed E-state index contributed by atoms with van der Waals surface area (Å²) in [5.74, 6) is -0.119. The largest absolute Gasteiger partial charge is 0.396 e. The number of aliphatic hydroxyl groups excluding tert-OH is 1. The van der Waals surface area contributed by atoms with E-state index in [9.17, 15) is 4.79 Å². The summed E-state index contributed by atoms with van der Waals surface area (Å²) in [4.78, 5) is 15.6. The number of hydrogen-bond donors (Lipinski definition) is 2. The van der Waals surface area contributed by atoms with Crippen LogP contribution in [0.5, 0.6) is 0 Å². The summed E-state index contributed by atoms with van der Waals surface area (Å²) in [7, 11) is 0. The summed E-state index contributed by atoms with van der Waals surface area (Å²) < 4.78 is 0. The fraction of sp³-hybridized carbons (Fsp3) is 0.455. The molecule has 4 nitrogen and oxygen atoms in total. The third-order valence-corrected chi connectivity index (χ3v) is 2.15. The second-order valence-corrected chi connectivity index (χ2v) is 3.67. The Balaban J connectivity index is 2.58. The predicted octanol–water partition coefficient (Wildman–Crippen LogP) is 0.748. The highest BCUT2D eigenvalue weighted by molar-refractivity contribution is 5.93. The summed E-state index contributed by atoms with van der Waals surface area (Å²) >= 11 is 0. The molecule has 0 spiro atoms. The number of aliphatic hydroxyl groups is 1. The number of pyridine rings is 1. The average Bonchev–Trinajstić information content (AvgIpc) is 2.26. The van der Waals surface area contributed by atoms with Crippen molar-refractivity contribution in [2.24, 2.45) is 5.92 Å². The van der Waals surface area contributed by atoms with E-state index in [4.69, 9.17) is 5.11 Å². The SMILES string of the molecule is Cc1cccnc1C(=O)NCC(C)CO. The van der Waals surface area contributed by atoms with Crippen molar-refractivity contribution < 1.29 is 9.90 Å². The third-order valence-electron chi connectivity index (χ3n) is 2.15. The van der Waals surface area contributed by atoms with Gasteiger partial charge in [0.1, 0.15) is 5.69 Å². The highest BCUT2D eigenvalue weighted by Crippen LogP contribution is 2.02. The number of carbonyl (C=O) groups excluding carboxylic acids is 1. The predicted molar refractivity (Wildman–Crippen MR) is 57.6 cm³/mol. The zero-order valence-electron chi connectivity index (χ0n) is 9.03. The molecule has 1 aromatic rings. The van der Waals surface area contributed by atoms with Crippen molar-refractivity contribution in [1.82, 2.24) is 10.3 Å². The maximum atomic E-state index is 11.6. The Morgan fingerprint density at radius 3 is 3.00 bits per heavy atom. The van der Waals surface area contributed by atoms with Crippen molar-refractivity contribution in [3.05, 3.63) is 29.6 Å². The van der Waals surface area contributed by atoms with Crippen LogP contribution >= 0.6 is 0 Å². The van der Waals surface area contributed by atoms with Crippen molar-refractivity contribution in [3.63, 3.8) is 0 Å². The highest BCUT2D eigenvalue weighted by Gasteiger charge is 2.10. The number of hydrogen-bond acceptors (Lipinski definition) is 3. The Morgan fingerprint density at radius 1 is 1.67 bits per heavy atom. The van der Waals surface area contributed by atoms with Gasteiger partial charge in [-0.05, 0) is 24.5 Å². The van der Waals surface area contributed by atoms with Crippen molar-refractivity contribution in [2.45, 2.75) is 13.8 Å². The summed E-state index contributed by atoms with van der Waals surface area (Å²) in [5.41, 5.74) is 1.30. The van der Waals surface area contributed by atoms with E-state index in [0.717, 1.165) is 5.56 Å². The van der Waals surface area contributed by atoms with Crippen LogP contribution in [0.3, 0.4) is 0 Å².